The number of aromatic nitrogens is 1. The van der Waals surface area contributed by atoms with Gasteiger partial charge >= 0.3 is 5.97 Å². The van der Waals surface area contributed by atoms with Crippen LogP contribution in [0.2, 0.25) is 0 Å². The third kappa shape index (κ3) is 6.17. The first kappa shape index (κ1) is 22.9. The second kappa shape index (κ2) is 10.6. The van der Waals surface area contributed by atoms with E-state index in [4.69, 9.17) is 5.11 Å². The van der Waals surface area contributed by atoms with E-state index in [-0.39, 0.29) is 24.2 Å². The van der Waals surface area contributed by atoms with Crippen LogP contribution in [0.5, 0.6) is 0 Å². The summed E-state index contributed by atoms with van der Waals surface area (Å²) < 4.78 is 1.03. The van der Waals surface area contributed by atoms with Gasteiger partial charge in [0.2, 0.25) is 5.91 Å². The van der Waals surface area contributed by atoms with Crippen molar-refractivity contribution < 1.29 is 14.7 Å². The minimum Gasteiger partial charge on any atom is -0.481 e. The normalized spacial score (nSPS) is 17.4. The zero-order chi connectivity index (χ0) is 23.2. The molecular weight excluding hydrogens is 480 g/mol. The van der Waals surface area contributed by atoms with Gasteiger partial charge in [-0.15, -0.1) is 0 Å². The van der Waals surface area contributed by atoms with Gasteiger partial charge < -0.3 is 10.4 Å². The average molecular weight is 505 g/mol. The summed E-state index contributed by atoms with van der Waals surface area (Å²) in [7, 11) is 0. The summed E-state index contributed by atoms with van der Waals surface area (Å²) in [5.41, 5.74) is 4.82. The van der Waals surface area contributed by atoms with Crippen molar-refractivity contribution in [3.05, 3.63) is 100 Å². The minimum atomic E-state index is -0.794. The number of carbonyl (C=O) groups is 2. The van der Waals surface area contributed by atoms with Crippen LogP contribution in [0.3, 0.4) is 0 Å². The summed E-state index contributed by atoms with van der Waals surface area (Å²) in [5.74, 6) is -0.508. The smallest absolute Gasteiger partial charge is 0.303 e. The van der Waals surface area contributed by atoms with Gasteiger partial charge in [0, 0.05) is 40.5 Å². The van der Waals surface area contributed by atoms with Gasteiger partial charge in [-0.05, 0) is 72.2 Å². The van der Waals surface area contributed by atoms with E-state index < -0.39 is 5.97 Å². The molecule has 2 N–H and O–H groups in total. The Morgan fingerprint density at radius 1 is 1.09 bits per heavy atom. The number of hydrogen-bond donors (Lipinski definition) is 2. The third-order valence-corrected chi connectivity index (χ3v) is 6.31. The summed E-state index contributed by atoms with van der Waals surface area (Å²) in [6.45, 7) is 0. The number of benzene rings is 2. The Bertz CT molecular complexity index is 1160. The van der Waals surface area contributed by atoms with Crippen molar-refractivity contribution in [2.24, 2.45) is 5.92 Å². The molecule has 1 fully saturated rings. The van der Waals surface area contributed by atoms with Gasteiger partial charge in [-0.3, -0.25) is 14.6 Å². The highest BCUT2D eigenvalue weighted by Crippen LogP contribution is 2.48. The fourth-order valence-corrected chi connectivity index (χ4v) is 4.25. The number of carboxylic acids is 1. The lowest BCUT2D eigenvalue weighted by Crippen LogP contribution is -2.14. The second-order valence-electron chi connectivity index (χ2n) is 8.22. The first-order valence-corrected chi connectivity index (χ1v) is 11.8. The van der Waals surface area contributed by atoms with Crippen molar-refractivity contribution in [2.45, 2.75) is 31.6 Å². The van der Waals surface area contributed by atoms with E-state index in [1.54, 1.807) is 12.4 Å². The van der Waals surface area contributed by atoms with E-state index in [9.17, 15) is 9.59 Å². The number of nitrogens with zero attached hydrogens (tertiary/aromatic N) is 1. The number of rotatable bonds is 9. The van der Waals surface area contributed by atoms with E-state index in [1.165, 1.54) is 5.56 Å². The standard InChI is InChI=1S/C27H25BrN2O3/c28-21-12-10-18(11-13-21)24-16-25(24)27(33)30-22-7-3-5-19(15-22)23(8-1-2-9-26(31)32)20-6-4-14-29-17-20/h3-8,10-15,17,24-25H,1-2,9,16H2,(H,30,33)(H,31,32). The summed E-state index contributed by atoms with van der Waals surface area (Å²) >= 11 is 3.45. The number of amides is 1. The number of allylic oxidation sites excluding steroid dienone is 1. The maximum Gasteiger partial charge on any atom is 0.303 e. The molecule has 1 amide bonds. The van der Waals surface area contributed by atoms with Gasteiger partial charge in [0.15, 0.2) is 0 Å². The molecule has 2 atom stereocenters. The zero-order valence-electron chi connectivity index (χ0n) is 18.1. The molecule has 4 rings (SSSR count). The molecule has 0 aliphatic heterocycles. The molecule has 2 aromatic carbocycles. The lowest BCUT2D eigenvalue weighted by atomic mass is 9.97. The number of halogens is 1. The third-order valence-electron chi connectivity index (χ3n) is 5.78. The maximum atomic E-state index is 12.9. The molecule has 1 aliphatic carbocycles. The van der Waals surface area contributed by atoms with Crippen molar-refractivity contribution in [2.75, 3.05) is 5.32 Å². The number of carboxylic acid groups (broad SMARTS) is 1. The van der Waals surface area contributed by atoms with E-state index in [0.29, 0.717) is 12.8 Å². The highest BCUT2D eigenvalue weighted by atomic mass is 79.9. The van der Waals surface area contributed by atoms with Crippen LogP contribution in [0.1, 0.15) is 48.3 Å². The molecule has 1 aromatic heterocycles. The molecule has 1 heterocycles. The summed E-state index contributed by atoms with van der Waals surface area (Å²) in [6.07, 6.45) is 7.76. The van der Waals surface area contributed by atoms with Crippen LogP contribution in [0.15, 0.2) is 83.6 Å². The van der Waals surface area contributed by atoms with E-state index in [0.717, 1.165) is 33.3 Å². The van der Waals surface area contributed by atoms with Gasteiger partial charge in [0.1, 0.15) is 0 Å². The van der Waals surface area contributed by atoms with Gasteiger partial charge in [0.25, 0.3) is 0 Å². The highest BCUT2D eigenvalue weighted by molar-refractivity contribution is 9.10. The molecule has 3 aromatic rings. The summed E-state index contributed by atoms with van der Waals surface area (Å²) in [4.78, 5) is 27.9. The van der Waals surface area contributed by atoms with Crippen LogP contribution in [0.25, 0.3) is 5.57 Å². The fourth-order valence-electron chi connectivity index (χ4n) is 3.99. The highest BCUT2D eigenvalue weighted by Gasteiger charge is 2.43. The molecule has 5 nitrogen and oxygen atoms in total. The molecule has 0 spiro atoms. The second-order valence-corrected chi connectivity index (χ2v) is 9.13. The lowest BCUT2D eigenvalue weighted by Gasteiger charge is -2.11. The van der Waals surface area contributed by atoms with Crippen LogP contribution in [-0.2, 0) is 9.59 Å². The van der Waals surface area contributed by atoms with Crippen molar-refractivity contribution in [1.82, 2.24) is 4.98 Å². The predicted molar refractivity (Wildman–Crippen MR) is 133 cm³/mol. The summed E-state index contributed by atoms with van der Waals surface area (Å²) in [6, 6.07) is 19.8. The van der Waals surface area contributed by atoms with Crippen LogP contribution in [0.4, 0.5) is 5.69 Å². The molecule has 0 bridgehead atoms. The first-order chi connectivity index (χ1) is 16.0. The average Bonchev–Trinajstić information content (AvgIpc) is 3.61. The maximum absolute atomic E-state index is 12.9. The number of nitrogens with one attached hydrogen (secondary N) is 1. The van der Waals surface area contributed by atoms with Gasteiger partial charge in [0.05, 0.1) is 0 Å². The Kier molecular flexibility index (Phi) is 7.35. The number of carbonyl (C=O) groups excluding carboxylic acids is 1. The van der Waals surface area contributed by atoms with Gasteiger partial charge in [-0.1, -0.05) is 52.3 Å². The molecule has 0 saturated heterocycles. The monoisotopic (exact) mass is 504 g/mol. The van der Waals surface area contributed by atoms with E-state index in [1.807, 2.05) is 54.6 Å². The Morgan fingerprint density at radius 3 is 2.61 bits per heavy atom. The number of anilines is 1. The number of pyridine rings is 1. The molecule has 33 heavy (non-hydrogen) atoms. The summed E-state index contributed by atoms with van der Waals surface area (Å²) in [5, 5.41) is 12.0. The van der Waals surface area contributed by atoms with Gasteiger partial charge in [-0.2, -0.15) is 0 Å². The minimum absolute atomic E-state index is 0.0146. The van der Waals surface area contributed by atoms with Crippen molar-refractivity contribution in [1.29, 1.82) is 0 Å². The molecule has 0 radical (unpaired) electrons. The predicted octanol–water partition coefficient (Wildman–Crippen LogP) is 6.27. The Morgan fingerprint density at radius 2 is 1.88 bits per heavy atom. The van der Waals surface area contributed by atoms with Gasteiger partial charge in [-0.25, -0.2) is 0 Å². The lowest BCUT2D eigenvalue weighted by molar-refractivity contribution is -0.137. The Hall–Kier alpha value is -3.25. The Balaban J connectivity index is 1.48. The van der Waals surface area contributed by atoms with Crippen LogP contribution in [0, 0.1) is 5.92 Å². The van der Waals surface area contributed by atoms with Crippen molar-refractivity contribution in [3.8, 4) is 0 Å². The number of unbranched alkanes of at least 4 members (excludes halogenated alkanes) is 1. The largest absolute Gasteiger partial charge is 0.481 e. The molecule has 6 heteroatoms. The quantitative estimate of drug-likeness (QED) is 0.336. The van der Waals surface area contributed by atoms with E-state index >= 15 is 0 Å². The van der Waals surface area contributed by atoms with E-state index in [2.05, 4.69) is 38.4 Å². The molecular formula is C27H25BrN2O3. The number of aliphatic carboxylic acids is 1. The zero-order valence-corrected chi connectivity index (χ0v) is 19.7. The fraction of sp³-hybridized carbons (Fsp3) is 0.222. The Labute approximate surface area is 201 Å². The topological polar surface area (TPSA) is 79.3 Å². The van der Waals surface area contributed by atoms with Crippen LogP contribution >= 0.6 is 15.9 Å². The van der Waals surface area contributed by atoms with Crippen LogP contribution in [-0.4, -0.2) is 22.0 Å². The number of hydrogen-bond acceptors (Lipinski definition) is 3. The molecule has 1 aliphatic rings. The first-order valence-electron chi connectivity index (χ1n) is 11.0. The van der Waals surface area contributed by atoms with Crippen LogP contribution < -0.4 is 5.32 Å². The molecule has 2 unspecified atom stereocenters. The molecule has 168 valence electrons. The van der Waals surface area contributed by atoms with Crippen molar-refractivity contribution >= 4 is 39.1 Å². The SMILES string of the molecule is O=C(O)CCCC=C(c1cccnc1)c1cccc(NC(=O)C2CC2c2ccc(Br)cc2)c1. The van der Waals surface area contributed by atoms with Crippen molar-refractivity contribution in [3.63, 3.8) is 0 Å². The molecule has 1 saturated carbocycles.